The first kappa shape index (κ1) is 34.9. The van der Waals surface area contributed by atoms with Gasteiger partial charge in [0.1, 0.15) is 12.2 Å². The van der Waals surface area contributed by atoms with Crippen molar-refractivity contribution < 1.29 is 44.4 Å². The van der Waals surface area contributed by atoms with Gasteiger partial charge in [-0.2, -0.15) is 4.31 Å². The Morgan fingerprint density at radius 1 is 1.18 bits per heavy atom. The summed E-state index contributed by atoms with van der Waals surface area (Å²) < 4.78 is 56.2. The van der Waals surface area contributed by atoms with E-state index < -0.39 is 48.7 Å². The van der Waals surface area contributed by atoms with Crippen molar-refractivity contribution in [2.24, 2.45) is 5.92 Å². The minimum Gasteiger partial charge on any atom is -1.00 e. The van der Waals surface area contributed by atoms with Crippen LogP contribution in [0.4, 0.5) is 10.5 Å². The molecule has 5 N–H and O–H groups in total. The molecule has 2 aromatic rings. The molecule has 0 saturated carbocycles. The fourth-order valence-electron chi connectivity index (χ4n) is 4.16. The Morgan fingerprint density at radius 2 is 1.82 bits per heavy atom. The molecule has 3 atom stereocenters. The van der Waals surface area contributed by atoms with E-state index in [0.717, 1.165) is 9.87 Å². The van der Waals surface area contributed by atoms with E-state index in [2.05, 4.69) is 5.32 Å². The number of anilines is 1. The summed E-state index contributed by atoms with van der Waals surface area (Å²) in [6.07, 6.45) is -2.14. The molecule has 0 aliphatic carbocycles. The van der Waals surface area contributed by atoms with E-state index in [1.807, 2.05) is 13.8 Å². The number of nitrogen functional groups attached to an aromatic ring is 1. The third-order valence-corrected chi connectivity index (χ3v) is 8.35. The van der Waals surface area contributed by atoms with Crippen LogP contribution in [0.15, 0.2) is 59.5 Å². The fraction of sp³-hybridized carbons (Fsp3) is 0.480. The molecular weight excluding hydrogens is 589 g/mol. The Kier molecular flexibility index (Phi) is 13.8. The minimum atomic E-state index is -5.12. The number of phosphoric ester groups is 1. The van der Waals surface area contributed by atoms with E-state index in [1.54, 1.807) is 30.3 Å². The van der Waals surface area contributed by atoms with Gasteiger partial charge in [0.25, 0.3) is 0 Å². The van der Waals surface area contributed by atoms with Crippen molar-refractivity contribution in [1.82, 2.24) is 9.62 Å². The zero-order valence-electron chi connectivity index (χ0n) is 24.6. The molecule has 3 rings (SSSR count). The number of rotatable bonds is 13. The molecule has 2 aromatic carbocycles. The Balaban J connectivity index is 0.00000560. The Labute approximate surface area is 267 Å². The summed E-state index contributed by atoms with van der Waals surface area (Å²) in [5.41, 5.74) is 6.82. The van der Waals surface area contributed by atoms with Crippen LogP contribution in [0, 0.1) is 5.92 Å². The van der Waals surface area contributed by atoms with Gasteiger partial charge in [-0.05, 0) is 42.2 Å². The smallest absolute Gasteiger partial charge is 1.00 e. The Bertz CT molecular complexity index is 1240. The van der Waals surface area contributed by atoms with E-state index in [-0.39, 0.29) is 71.0 Å². The molecule has 0 aromatic heterocycles. The van der Waals surface area contributed by atoms with Crippen molar-refractivity contribution in [3.8, 4) is 0 Å². The normalized spacial score (nSPS) is 17.3. The molecule has 40 heavy (non-hydrogen) atoms. The van der Waals surface area contributed by atoms with E-state index in [0.29, 0.717) is 18.7 Å². The average molecular weight is 628 g/mol. The number of nitrogens with two attached hydrogens (primary N) is 1. The molecule has 1 saturated heterocycles. The summed E-state index contributed by atoms with van der Waals surface area (Å²) in [7, 11) is -9.26. The maximum absolute atomic E-state index is 13.6. The molecule has 1 aliphatic rings. The second-order valence-electron chi connectivity index (χ2n) is 9.75. The SMILES string of the molecule is CC(C)CN(CC(OP(=O)(O)O)C(Cc1ccccc1)NC(=O)O[C@H]1CCOC1)S(=O)(=O)c1ccc(N)cc1.[Ca+2].[H-].[H-]. The first-order valence-corrected chi connectivity index (χ1v) is 15.5. The number of sulfonamides is 1. The van der Waals surface area contributed by atoms with Crippen LogP contribution in [0.1, 0.15) is 28.7 Å². The quantitative estimate of drug-likeness (QED) is 0.146. The zero-order chi connectivity index (χ0) is 28.6. The number of hydrogen-bond donors (Lipinski definition) is 4. The van der Waals surface area contributed by atoms with Crippen LogP contribution in [0.5, 0.6) is 0 Å². The van der Waals surface area contributed by atoms with Crippen molar-refractivity contribution >= 4 is 67.4 Å². The standard InChI is InChI=1S/C25H36N3O9PS.Ca.2H/c1-18(2)15-28(39(33,34)22-10-8-20(26)9-11-22)16-24(37-38(30,31)32)23(14-19-6-4-3-5-7-19)27-25(29)36-21-12-13-35-17-21;;;/h3-11,18,21,23-24H,12-17,26H2,1-2H3,(H,27,29)(H2,30,31,32);;;/q;+2;2*-1/t21-,23?,24?;;;/m0.../s1. The number of nitrogens with one attached hydrogen (secondary N) is 1. The van der Waals surface area contributed by atoms with Gasteiger partial charge in [0.05, 0.1) is 24.2 Å². The Morgan fingerprint density at radius 3 is 2.38 bits per heavy atom. The third-order valence-electron chi connectivity index (χ3n) is 5.96. The van der Waals surface area contributed by atoms with Crippen LogP contribution >= 0.6 is 7.82 Å². The largest absolute Gasteiger partial charge is 2.00 e. The van der Waals surface area contributed by atoms with Gasteiger partial charge in [-0.15, -0.1) is 0 Å². The maximum Gasteiger partial charge on any atom is 2.00 e. The van der Waals surface area contributed by atoms with Gasteiger partial charge in [0, 0.05) is 25.2 Å². The topological polar surface area (TPSA) is 178 Å². The molecule has 1 aliphatic heterocycles. The molecular formula is C25H38CaN3O9PS. The van der Waals surface area contributed by atoms with Gasteiger partial charge in [-0.1, -0.05) is 44.2 Å². The van der Waals surface area contributed by atoms with Crippen molar-refractivity contribution in [3.05, 3.63) is 60.2 Å². The van der Waals surface area contributed by atoms with Crippen molar-refractivity contribution in [2.75, 3.05) is 32.0 Å². The molecule has 0 radical (unpaired) electrons. The number of carbonyl (C=O) groups excluding carboxylic acids is 1. The zero-order valence-corrected chi connectivity index (χ0v) is 26.5. The number of ether oxygens (including phenoxy) is 2. The second-order valence-corrected chi connectivity index (χ2v) is 12.9. The minimum absolute atomic E-state index is 0. The van der Waals surface area contributed by atoms with Crippen LogP contribution in [-0.4, -0.2) is 111 Å². The van der Waals surface area contributed by atoms with Crippen LogP contribution in [-0.2, 0) is 35.0 Å². The molecule has 1 fully saturated rings. The van der Waals surface area contributed by atoms with Crippen LogP contribution in [0.2, 0.25) is 0 Å². The van der Waals surface area contributed by atoms with Gasteiger partial charge in [-0.3, -0.25) is 4.52 Å². The van der Waals surface area contributed by atoms with Crippen LogP contribution in [0.3, 0.4) is 0 Å². The van der Waals surface area contributed by atoms with E-state index in [9.17, 15) is 27.6 Å². The summed E-state index contributed by atoms with van der Waals surface area (Å²) in [6, 6.07) is 13.5. The number of carbonyl (C=O) groups is 1. The predicted molar refractivity (Wildman–Crippen MR) is 152 cm³/mol. The second kappa shape index (κ2) is 15.8. The molecule has 12 nitrogen and oxygen atoms in total. The number of nitrogens with zero attached hydrogens (tertiary/aromatic N) is 1. The Hall–Kier alpha value is -1.25. The van der Waals surface area contributed by atoms with Crippen molar-refractivity contribution in [1.29, 1.82) is 0 Å². The monoisotopic (exact) mass is 627 g/mol. The van der Waals surface area contributed by atoms with Gasteiger partial charge < -0.3 is 33.2 Å². The first-order chi connectivity index (χ1) is 18.3. The summed E-state index contributed by atoms with van der Waals surface area (Å²) in [5, 5.41) is 2.65. The van der Waals surface area contributed by atoms with Crippen molar-refractivity contribution in [3.63, 3.8) is 0 Å². The van der Waals surface area contributed by atoms with Gasteiger partial charge >= 0.3 is 51.7 Å². The first-order valence-electron chi connectivity index (χ1n) is 12.5. The summed E-state index contributed by atoms with van der Waals surface area (Å²) >= 11 is 0. The van der Waals surface area contributed by atoms with E-state index >= 15 is 0 Å². The van der Waals surface area contributed by atoms with Crippen LogP contribution < -0.4 is 11.1 Å². The number of benzene rings is 2. The summed E-state index contributed by atoms with van der Waals surface area (Å²) in [4.78, 5) is 32.3. The van der Waals surface area contributed by atoms with E-state index in [4.69, 9.17) is 19.7 Å². The van der Waals surface area contributed by atoms with Crippen LogP contribution in [0.25, 0.3) is 0 Å². The van der Waals surface area contributed by atoms with Gasteiger partial charge in [0.15, 0.2) is 0 Å². The fourth-order valence-corrected chi connectivity index (χ4v) is 6.35. The number of alkyl carbamates (subject to hydrolysis) is 1. The summed E-state index contributed by atoms with van der Waals surface area (Å²) in [6.45, 7) is 3.87. The van der Waals surface area contributed by atoms with E-state index in [1.165, 1.54) is 24.3 Å². The molecule has 15 heteroatoms. The molecule has 1 amide bonds. The molecule has 1 heterocycles. The third kappa shape index (κ3) is 11.2. The van der Waals surface area contributed by atoms with Gasteiger partial charge in [-0.25, -0.2) is 17.8 Å². The average Bonchev–Trinajstić information content (AvgIpc) is 3.35. The number of amides is 1. The molecule has 220 valence electrons. The number of phosphoric acid groups is 1. The van der Waals surface area contributed by atoms with Gasteiger partial charge in [0.2, 0.25) is 10.0 Å². The predicted octanol–water partition coefficient (Wildman–Crippen LogP) is 2.36. The summed E-state index contributed by atoms with van der Waals surface area (Å²) in [5.74, 6) is -0.142. The molecule has 0 bridgehead atoms. The van der Waals surface area contributed by atoms with Crippen molar-refractivity contribution in [2.45, 2.75) is 49.8 Å². The molecule has 0 spiro atoms. The molecule has 2 unspecified atom stereocenters. The number of hydrogen-bond acceptors (Lipinski definition) is 8. The maximum atomic E-state index is 13.6.